The van der Waals surface area contributed by atoms with Gasteiger partial charge in [0.15, 0.2) is 0 Å². The Kier molecular flexibility index (Phi) is 4.24. The summed E-state index contributed by atoms with van der Waals surface area (Å²) >= 11 is 0. The molecule has 110 valence electrons. The number of amides is 2. The van der Waals surface area contributed by atoms with Crippen molar-refractivity contribution < 1.29 is 4.79 Å². The molecule has 1 saturated carbocycles. The SMILES string of the molecule is O=C(NC=C1CCCC1)NCCc1c[nH]c2ccccc12. The van der Waals surface area contributed by atoms with Crippen molar-refractivity contribution in [3.63, 3.8) is 0 Å². The topological polar surface area (TPSA) is 56.9 Å². The Morgan fingerprint density at radius 3 is 2.90 bits per heavy atom. The largest absolute Gasteiger partial charge is 0.361 e. The highest BCUT2D eigenvalue weighted by Crippen LogP contribution is 2.22. The number of para-hydroxylation sites is 1. The molecular weight excluding hydrogens is 262 g/mol. The number of aromatic nitrogens is 1. The summed E-state index contributed by atoms with van der Waals surface area (Å²) in [6, 6.07) is 8.10. The van der Waals surface area contributed by atoms with Crippen LogP contribution in [-0.4, -0.2) is 17.6 Å². The highest BCUT2D eigenvalue weighted by atomic mass is 16.2. The van der Waals surface area contributed by atoms with Gasteiger partial charge < -0.3 is 15.6 Å². The molecule has 0 spiro atoms. The maximum Gasteiger partial charge on any atom is 0.318 e. The molecule has 0 bridgehead atoms. The maximum absolute atomic E-state index is 11.7. The Labute approximate surface area is 124 Å². The number of aromatic amines is 1. The number of hydrogen-bond acceptors (Lipinski definition) is 1. The van der Waals surface area contributed by atoms with Gasteiger partial charge in [-0.05, 0) is 43.7 Å². The van der Waals surface area contributed by atoms with Gasteiger partial charge in [-0.1, -0.05) is 23.8 Å². The van der Waals surface area contributed by atoms with E-state index in [9.17, 15) is 4.79 Å². The fourth-order valence-corrected chi connectivity index (χ4v) is 2.84. The summed E-state index contributed by atoms with van der Waals surface area (Å²) in [5.41, 5.74) is 3.73. The summed E-state index contributed by atoms with van der Waals surface area (Å²) in [4.78, 5) is 15.0. The van der Waals surface area contributed by atoms with Crippen molar-refractivity contribution in [2.24, 2.45) is 0 Å². The minimum absolute atomic E-state index is 0.116. The highest BCUT2D eigenvalue weighted by molar-refractivity contribution is 5.83. The van der Waals surface area contributed by atoms with E-state index in [-0.39, 0.29) is 6.03 Å². The van der Waals surface area contributed by atoms with Crippen LogP contribution >= 0.6 is 0 Å². The van der Waals surface area contributed by atoms with Crippen LogP contribution in [0, 0.1) is 0 Å². The standard InChI is InChI=1S/C17H21N3O/c21-17(20-11-13-5-1-2-6-13)18-10-9-14-12-19-16-8-4-3-7-15(14)16/h3-4,7-8,11-12,19H,1-2,5-6,9-10H2,(H2,18,20,21). The van der Waals surface area contributed by atoms with Crippen LogP contribution in [0.4, 0.5) is 4.79 Å². The van der Waals surface area contributed by atoms with Crippen LogP contribution < -0.4 is 10.6 Å². The number of fused-ring (bicyclic) bond motifs is 1. The summed E-state index contributed by atoms with van der Waals surface area (Å²) in [7, 11) is 0. The Hall–Kier alpha value is -2.23. The molecule has 0 saturated heterocycles. The van der Waals surface area contributed by atoms with Crippen LogP contribution in [0.15, 0.2) is 42.2 Å². The normalized spacial score (nSPS) is 14.4. The van der Waals surface area contributed by atoms with Gasteiger partial charge in [0.1, 0.15) is 0 Å². The van der Waals surface area contributed by atoms with Gasteiger partial charge in [-0.15, -0.1) is 0 Å². The first-order valence-electron chi connectivity index (χ1n) is 7.60. The smallest absolute Gasteiger partial charge is 0.318 e. The number of benzene rings is 1. The third kappa shape index (κ3) is 3.45. The summed E-state index contributed by atoms with van der Waals surface area (Å²) in [6.07, 6.45) is 9.45. The quantitative estimate of drug-likeness (QED) is 0.790. The molecule has 1 aromatic carbocycles. The third-order valence-corrected chi connectivity index (χ3v) is 4.01. The number of carbonyl (C=O) groups excluding carboxylic acids is 1. The van der Waals surface area contributed by atoms with Gasteiger partial charge >= 0.3 is 6.03 Å². The Balaban J connectivity index is 1.47. The van der Waals surface area contributed by atoms with Gasteiger partial charge in [0.05, 0.1) is 0 Å². The average Bonchev–Trinajstić information content (AvgIpc) is 3.15. The fraction of sp³-hybridized carbons (Fsp3) is 0.353. The van der Waals surface area contributed by atoms with E-state index < -0.39 is 0 Å². The molecule has 0 atom stereocenters. The van der Waals surface area contributed by atoms with Gasteiger partial charge in [-0.2, -0.15) is 0 Å². The van der Waals surface area contributed by atoms with Gasteiger partial charge in [0.2, 0.25) is 0 Å². The average molecular weight is 283 g/mol. The molecule has 2 aromatic rings. The molecule has 1 aliphatic carbocycles. The second kappa shape index (κ2) is 6.48. The lowest BCUT2D eigenvalue weighted by Gasteiger charge is -2.05. The predicted molar refractivity (Wildman–Crippen MR) is 85.1 cm³/mol. The Morgan fingerprint density at radius 2 is 2.05 bits per heavy atom. The zero-order chi connectivity index (χ0) is 14.5. The molecule has 0 radical (unpaired) electrons. The van der Waals surface area contributed by atoms with Crippen molar-refractivity contribution in [1.29, 1.82) is 0 Å². The number of nitrogens with one attached hydrogen (secondary N) is 3. The van der Waals surface area contributed by atoms with Gasteiger partial charge in [0.25, 0.3) is 0 Å². The molecule has 4 nitrogen and oxygen atoms in total. The van der Waals surface area contributed by atoms with Crippen LogP contribution in [0.3, 0.4) is 0 Å². The van der Waals surface area contributed by atoms with E-state index >= 15 is 0 Å². The van der Waals surface area contributed by atoms with E-state index in [0.29, 0.717) is 6.54 Å². The molecule has 3 rings (SSSR count). The summed E-state index contributed by atoms with van der Waals surface area (Å²) in [6.45, 7) is 0.636. The van der Waals surface area contributed by atoms with Crippen LogP contribution in [0.1, 0.15) is 31.2 Å². The second-order valence-electron chi connectivity index (χ2n) is 5.52. The molecule has 1 fully saturated rings. The first-order valence-corrected chi connectivity index (χ1v) is 7.60. The number of rotatable bonds is 4. The first-order chi connectivity index (χ1) is 10.3. The molecular formula is C17H21N3O. The van der Waals surface area contributed by atoms with E-state index in [1.165, 1.54) is 29.4 Å². The second-order valence-corrected chi connectivity index (χ2v) is 5.52. The third-order valence-electron chi connectivity index (χ3n) is 4.01. The number of urea groups is 1. The van der Waals surface area contributed by atoms with E-state index in [1.807, 2.05) is 24.5 Å². The minimum atomic E-state index is -0.116. The molecule has 0 unspecified atom stereocenters. The molecule has 21 heavy (non-hydrogen) atoms. The van der Waals surface area contributed by atoms with Crippen molar-refractivity contribution in [2.45, 2.75) is 32.1 Å². The van der Waals surface area contributed by atoms with Crippen molar-refractivity contribution in [2.75, 3.05) is 6.54 Å². The van der Waals surface area contributed by atoms with E-state index in [2.05, 4.69) is 27.8 Å². The predicted octanol–water partition coefficient (Wildman–Crippen LogP) is 3.47. The summed E-state index contributed by atoms with van der Waals surface area (Å²) in [5.74, 6) is 0. The zero-order valence-electron chi connectivity index (χ0n) is 12.1. The van der Waals surface area contributed by atoms with Crippen LogP contribution in [0.25, 0.3) is 10.9 Å². The van der Waals surface area contributed by atoms with Crippen LogP contribution in [0.5, 0.6) is 0 Å². The van der Waals surface area contributed by atoms with Crippen molar-refractivity contribution in [3.05, 3.63) is 47.8 Å². The summed E-state index contributed by atoms with van der Waals surface area (Å²) in [5, 5.41) is 6.95. The Bertz CT molecular complexity index is 649. The molecule has 2 amide bonds. The Morgan fingerprint density at radius 1 is 1.24 bits per heavy atom. The van der Waals surface area contributed by atoms with E-state index in [0.717, 1.165) is 24.8 Å². The highest BCUT2D eigenvalue weighted by Gasteiger charge is 2.07. The van der Waals surface area contributed by atoms with Crippen LogP contribution in [0.2, 0.25) is 0 Å². The monoisotopic (exact) mass is 283 g/mol. The number of H-pyrrole nitrogens is 1. The minimum Gasteiger partial charge on any atom is -0.361 e. The van der Waals surface area contributed by atoms with Crippen LogP contribution in [-0.2, 0) is 6.42 Å². The summed E-state index contributed by atoms with van der Waals surface area (Å²) < 4.78 is 0. The lowest BCUT2D eigenvalue weighted by molar-refractivity contribution is 0.244. The molecule has 0 aliphatic heterocycles. The van der Waals surface area contributed by atoms with Crippen molar-refractivity contribution in [3.8, 4) is 0 Å². The van der Waals surface area contributed by atoms with Gasteiger partial charge in [-0.25, -0.2) is 4.79 Å². The number of hydrogen-bond donors (Lipinski definition) is 3. The molecule has 4 heteroatoms. The van der Waals surface area contributed by atoms with Crippen molar-refractivity contribution in [1.82, 2.24) is 15.6 Å². The lowest BCUT2D eigenvalue weighted by Crippen LogP contribution is -2.33. The molecule has 1 heterocycles. The van der Waals surface area contributed by atoms with Gasteiger partial charge in [-0.3, -0.25) is 0 Å². The maximum atomic E-state index is 11.7. The van der Waals surface area contributed by atoms with E-state index in [4.69, 9.17) is 0 Å². The zero-order valence-corrected chi connectivity index (χ0v) is 12.1. The fourth-order valence-electron chi connectivity index (χ4n) is 2.84. The molecule has 3 N–H and O–H groups in total. The first kappa shape index (κ1) is 13.7. The van der Waals surface area contributed by atoms with E-state index in [1.54, 1.807) is 0 Å². The lowest BCUT2D eigenvalue weighted by atomic mass is 10.1. The number of allylic oxidation sites excluding steroid dienone is 1. The number of carbonyl (C=O) groups is 1. The molecule has 1 aromatic heterocycles. The van der Waals surface area contributed by atoms with Crippen molar-refractivity contribution >= 4 is 16.9 Å². The molecule has 1 aliphatic rings. The van der Waals surface area contributed by atoms with Gasteiger partial charge in [0, 0.05) is 29.8 Å².